The summed E-state index contributed by atoms with van der Waals surface area (Å²) in [4.78, 5) is 35.0. The second kappa shape index (κ2) is 13.0. The summed E-state index contributed by atoms with van der Waals surface area (Å²) >= 11 is 4.94. The average Bonchev–Trinajstić information content (AvgIpc) is 3.21. The maximum atomic E-state index is 11.7. The number of nitrogens with two attached hydrogens (primary N) is 1. The molecule has 1 saturated heterocycles. The Morgan fingerprint density at radius 2 is 1.67 bits per heavy atom. The van der Waals surface area contributed by atoms with E-state index in [0.717, 1.165) is 21.8 Å². The highest BCUT2D eigenvalue weighted by molar-refractivity contribution is 7.80. The van der Waals surface area contributed by atoms with E-state index < -0.39 is 35.7 Å². The van der Waals surface area contributed by atoms with Crippen molar-refractivity contribution in [3.63, 3.8) is 0 Å². The SMILES string of the molecule is CC(C)(C)OC(=O)N1CC(=S)C[C@H]1C(=O)O.N[C@@H](Cc1ccc(OCc2ccccc2)cc1)C(=O)O. The standard InChI is InChI=1S/C16H17NO3.C10H15NO4S/c17-15(16(18)19)10-12-6-8-14(9-7-12)20-11-13-4-2-1-3-5-13;1-10(2,3)15-9(14)11-5-6(16)4-7(11)8(12)13/h1-9,15H,10-11,17H2,(H,18,19);7H,4-5H2,1-3H3,(H,12,13)/t15-;7-/m00/s1. The van der Waals surface area contributed by atoms with Crippen molar-refractivity contribution in [1.82, 2.24) is 4.90 Å². The minimum absolute atomic E-state index is 0.182. The fourth-order valence-corrected chi connectivity index (χ4v) is 3.52. The van der Waals surface area contributed by atoms with E-state index in [4.69, 9.17) is 37.6 Å². The number of rotatable bonds is 7. The van der Waals surface area contributed by atoms with Crippen LogP contribution in [0.3, 0.4) is 0 Å². The number of likely N-dealkylation sites (tertiary alicyclic amines) is 1. The van der Waals surface area contributed by atoms with Gasteiger partial charge in [0.25, 0.3) is 0 Å². The van der Waals surface area contributed by atoms with Gasteiger partial charge in [0.1, 0.15) is 30.0 Å². The molecular formula is C26H32N2O7S. The molecule has 194 valence electrons. The number of hydrogen-bond donors (Lipinski definition) is 3. The molecule has 1 aliphatic rings. The number of benzene rings is 2. The Kier molecular flexibility index (Phi) is 10.4. The molecule has 0 saturated carbocycles. The molecule has 0 bridgehead atoms. The molecule has 4 N–H and O–H groups in total. The number of amides is 1. The first-order chi connectivity index (χ1) is 16.9. The van der Waals surface area contributed by atoms with Crippen LogP contribution in [0.5, 0.6) is 5.75 Å². The zero-order chi connectivity index (χ0) is 26.9. The normalized spacial score (nSPS) is 15.9. The van der Waals surface area contributed by atoms with E-state index >= 15 is 0 Å². The molecule has 0 aliphatic carbocycles. The number of aliphatic carboxylic acids is 2. The van der Waals surface area contributed by atoms with Crippen LogP contribution in [0.15, 0.2) is 54.6 Å². The lowest BCUT2D eigenvalue weighted by molar-refractivity contribution is -0.142. The van der Waals surface area contributed by atoms with E-state index in [1.54, 1.807) is 20.8 Å². The first-order valence-corrected chi connectivity index (χ1v) is 11.7. The van der Waals surface area contributed by atoms with Crippen molar-refractivity contribution >= 4 is 35.1 Å². The lowest BCUT2D eigenvalue weighted by Gasteiger charge is -2.26. The minimum atomic E-state index is -1.05. The van der Waals surface area contributed by atoms with Gasteiger partial charge in [-0.3, -0.25) is 9.69 Å². The predicted molar refractivity (Wildman–Crippen MR) is 138 cm³/mol. The average molecular weight is 517 g/mol. The fraction of sp³-hybridized carbons (Fsp3) is 0.385. The van der Waals surface area contributed by atoms with Gasteiger partial charge in [0.2, 0.25) is 0 Å². The number of carboxylic acid groups (broad SMARTS) is 2. The van der Waals surface area contributed by atoms with Gasteiger partial charge in [0.15, 0.2) is 0 Å². The molecule has 3 rings (SSSR count). The summed E-state index contributed by atoms with van der Waals surface area (Å²) in [6.07, 6.45) is -0.0853. The Balaban J connectivity index is 0.000000261. The highest BCUT2D eigenvalue weighted by Gasteiger charge is 2.39. The number of carboxylic acids is 2. The number of nitrogens with zero attached hydrogens (tertiary/aromatic N) is 1. The zero-order valence-electron chi connectivity index (χ0n) is 20.5. The molecular weight excluding hydrogens is 484 g/mol. The smallest absolute Gasteiger partial charge is 0.411 e. The maximum Gasteiger partial charge on any atom is 0.411 e. The number of carbonyl (C=O) groups is 3. The van der Waals surface area contributed by atoms with Crippen LogP contribution in [0.2, 0.25) is 0 Å². The van der Waals surface area contributed by atoms with E-state index in [0.29, 0.717) is 17.9 Å². The highest BCUT2D eigenvalue weighted by atomic mass is 32.1. The van der Waals surface area contributed by atoms with E-state index in [1.165, 1.54) is 0 Å². The van der Waals surface area contributed by atoms with E-state index in [-0.39, 0.29) is 13.0 Å². The van der Waals surface area contributed by atoms with Crippen LogP contribution in [-0.4, -0.2) is 62.2 Å². The van der Waals surface area contributed by atoms with Crippen molar-refractivity contribution in [3.05, 3.63) is 65.7 Å². The van der Waals surface area contributed by atoms with Gasteiger partial charge < -0.3 is 25.4 Å². The second-order valence-electron chi connectivity index (χ2n) is 9.27. The second-order valence-corrected chi connectivity index (χ2v) is 9.85. The van der Waals surface area contributed by atoms with Crippen LogP contribution < -0.4 is 10.5 Å². The molecule has 2 atom stereocenters. The molecule has 0 aromatic heterocycles. The summed E-state index contributed by atoms with van der Waals surface area (Å²) in [6.45, 7) is 5.88. The molecule has 0 radical (unpaired) electrons. The molecule has 0 spiro atoms. The van der Waals surface area contributed by atoms with Crippen LogP contribution in [0.4, 0.5) is 4.79 Å². The third kappa shape index (κ3) is 9.63. The summed E-state index contributed by atoms with van der Waals surface area (Å²) in [5.41, 5.74) is 6.84. The molecule has 2 aromatic carbocycles. The summed E-state index contributed by atoms with van der Waals surface area (Å²) < 4.78 is 10.8. The van der Waals surface area contributed by atoms with Crippen molar-refractivity contribution in [3.8, 4) is 5.75 Å². The van der Waals surface area contributed by atoms with Crippen LogP contribution in [0.25, 0.3) is 0 Å². The number of carbonyl (C=O) groups excluding carboxylic acids is 1. The highest BCUT2D eigenvalue weighted by Crippen LogP contribution is 2.20. The Bertz CT molecular complexity index is 1050. The van der Waals surface area contributed by atoms with Crippen LogP contribution in [0.1, 0.15) is 38.3 Å². The van der Waals surface area contributed by atoms with Gasteiger partial charge in [0, 0.05) is 11.3 Å². The molecule has 36 heavy (non-hydrogen) atoms. The molecule has 1 fully saturated rings. The van der Waals surface area contributed by atoms with Gasteiger partial charge >= 0.3 is 18.0 Å². The summed E-state index contributed by atoms with van der Waals surface area (Å²) in [7, 11) is 0. The predicted octanol–water partition coefficient (Wildman–Crippen LogP) is 3.67. The first-order valence-electron chi connectivity index (χ1n) is 11.3. The third-order valence-electron chi connectivity index (χ3n) is 5.00. The topological polar surface area (TPSA) is 139 Å². The van der Waals surface area contributed by atoms with E-state index in [9.17, 15) is 14.4 Å². The van der Waals surface area contributed by atoms with Gasteiger partial charge in [-0.2, -0.15) is 0 Å². The molecule has 1 heterocycles. The van der Waals surface area contributed by atoms with E-state index in [1.807, 2.05) is 54.6 Å². The van der Waals surface area contributed by atoms with Crippen molar-refractivity contribution in [2.45, 2.75) is 57.9 Å². The molecule has 2 aromatic rings. The van der Waals surface area contributed by atoms with Crippen LogP contribution in [0, 0.1) is 0 Å². The van der Waals surface area contributed by atoms with Gasteiger partial charge in [-0.15, -0.1) is 0 Å². The minimum Gasteiger partial charge on any atom is -0.489 e. The van der Waals surface area contributed by atoms with Gasteiger partial charge in [-0.25, -0.2) is 9.59 Å². The van der Waals surface area contributed by atoms with Crippen LogP contribution >= 0.6 is 12.2 Å². The van der Waals surface area contributed by atoms with Gasteiger partial charge in [-0.05, 0) is 50.5 Å². The van der Waals surface area contributed by atoms with Crippen molar-refractivity contribution in [2.24, 2.45) is 5.73 Å². The first kappa shape index (κ1) is 28.7. The lowest BCUT2D eigenvalue weighted by Crippen LogP contribution is -2.43. The third-order valence-corrected chi connectivity index (χ3v) is 5.30. The lowest BCUT2D eigenvalue weighted by atomic mass is 10.1. The molecule has 10 heteroatoms. The van der Waals surface area contributed by atoms with Crippen LogP contribution in [-0.2, 0) is 27.4 Å². The molecule has 1 aliphatic heterocycles. The molecule has 0 unspecified atom stereocenters. The van der Waals surface area contributed by atoms with Crippen molar-refractivity contribution < 1.29 is 34.1 Å². The Labute approximate surface area is 215 Å². The summed E-state index contributed by atoms with van der Waals surface area (Å²) in [5.74, 6) is -1.29. The maximum absolute atomic E-state index is 11.7. The van der Waals surface area contributed by atoms with E-state index in [2.05, 4.69) is 0 Å². The summed E-state index contributed by atoms with van der Waals surface area (Å²) in [5, 5.41) is 17.7. The number of ether oxygens (including phenoxy) is 2. The Hall–Kier alpha value is -3.50. The largest absolute Gasteiger partial charge is 0.489 e. The molecule has 9 nitrogen and oxygen atoms in total. The van der Waals surface area contributed by atoms with Crippen molar-refractivity contribution in [2.75, 3.05) is 6.54 Å². The Morgan fingerprint density at radius 1 is 1.06 bits per heavy atom. The quantitative estimate of drug-likeness (QED) is 0.470. The fourth-order valence-electron chi connectivity index (χ4n) is 3.23. The summed E-state index contributed by atoms with van der Waals surface area (Å²) in [6, 6.07) is 15.5. The van der Waals surface area contributed by atoms with Gasteiger partial charge in [0.05, 0.1) is 6.54 Å². The number of hydrogen-bond acceptors (Lipinski definition) is 7. The van der Waals surface area contributed by atoms with Gasteiger partial charge in [-0.1, -0.05) is 54.7 Å². The number of thiocarbonyl (C=S) groups is 1. The van der Waals surface area contributed by atoms with Crippen molar-refractivity contribution in [1.29, 1.82) is 0 Å². The molecule has 1 amide bonds. The Morgan fingerprint density at radius 3 is 2.19 bits per heavy atom. The monoisotopic (exact) mass is 516 g/mol. The zero-order valence-corrected chi connectivity index (χ0v) is 21.4.